The van der Waals surface area contributed by atoms with Gasteiger partial charge in [0.1, 0.15) is 5.82 Å². The number of hydrogen-bond acceptors (Lipinski definition) is 4. The van der Waals surface area contributed by atoms with Crippen LogP contribution in [0.15, 0.2) is 10.9 Å². The fraction of sp³-hybridized carbons (Fsp3) is 0.636. The smallest absolute Gasteiger partial charge is 0.251 e. The third-order valence-electron chi connectivity index (χ3n) is 3.05. The van der Waals surface area contributed by atoms with Crippen molar-refractivity contribution >= 4 is 0 Å². The van der Waals surface area contributed by atoms with E-state index in [2.05, 4.69) is 33.9 Å². The van der Waals surface area contributed by atoms with E-state index in [4.69, 9.17) is 0 Å². The average molecular weight is 222 g/mol. The lowest BCUT2D eigenvalue weighted by molar-refractivity contribution is 0.109. The Morgan fingerprint density at radius 1 is 1.44 bits per heavy atom. The maximum Gasteiger partial charge on any atom is 0.251 e. The first-order valence-electron chi connectivity index (χ1n) is 5.53. The zero-order valence-electron chi connectivity index (χ0n) is 10.0. The molecule has 0 aliphatic carbocycles. The normalized spacial score (nSPS) is 23.6. The summed E-state index contributed by atoms with van der Waals surface area (Å²) in [7, 11) is 4.16. The van der Waals surface area contributed by atoms with E-state index >= 15 is 0 Å². The van der Waals surface area contributed by atoms with Gasteiger partial charge in [-0.2, -0.15) is 0 Å². The van der Waals surface area contributed by atoms with Crippen molar-refractivity contribution in [3.63, 3.8) is 0 Å². The van der Waals surface area contributed by atoms with E-state index in [1.807, 2.05) is 6.92 Å². The highest BCUT2D eigenvalue weighted by Gasteiger charge is 2.25. The first kappa shape index (κ1) is 11.3. The van der Waals surface area contributed by atoms with Crippen LogP contribution >= 0.6 is 0 Å². The minimum Gasteiger partial charge on any atom is -0.309 e. The fourth-order valence-electron chi connectivity index (χ4n) is 2.07. The number of piperazine rings is 1. The van der Waals surface area contributed by atoms with E-state index < -0.39 is 0 Å². The molecule has 1 saturated heterocycles. The van der Waals surface area contributed by atoms with E-state index in [9.17, 15) is 4.79 Å². The topological polar surface area (TPSA) is 52.2 Å². The molecule has 1 unspecified atom stereocenters. The van der Waals surface area contributed by atoms with Crippen molar-refractivity contribution in [1.29, 1.82) is 0 Å². The fourth-order valence-corrected chi connectivity index (χ4v) is 2.07. The van der Waals surface area contributed by atoms with Gasteiger partial charge in [-0.25, -0.2) is 4.98 Å². The summed E-state index contributed by atoms with van der Waals surface area (Å²) in [5.41, 5.74) is 0.713. The molecule has 1 aliphatic heterocycles. The summed E-state index contributed by atoms with van der Waals surface area (Å²) >= 11 is 0. The summed E-state index contributed by atoms with van der Waals surface area (Å²) < 4.78 is 0. The molecular formula is C11H18N4O. The van der Waals surface area contributed by atoms with E-state index in [1.54, 1.807) is 0 Å². The molecule has 0 aromatic carbocycles. The molecule has 5 nitrogen and oxygen atoms in total. The Morgan fingerprint density at radius 3 is 2.88 bits per heavy atom. The average Bonchev–Trinajstić information content (AvgIpc) is 2.20. The predicted molar refractivity (Wildman–Crippen MR) is 62.5 cm³/mol. The first-order valence-corrected chi connectivity index (χ1v) is 5.53. The number of aryl methyl sites for hydroxylation is 1. The van der Waals surface area contributed by atoms with Crippen molar-refractivity contribution in [3.8, 4) is 0 Å². The number of H-pyrrole nitrogens is 1. The number of hydrogen-bond donors (Lipinski definition) is 1. The molecule has 1 N–H and O–H groups in total. The molecular weight excluding hydrogens is 204 g/mol. The second kappa shape index (κ2) is 4.35. The molecule has 1 atom stereocenters. The minimum absolute atomic E-state index is 0.0656. The summed E-state index contributed by atoms with van der Waals surface area (Å²) in [6, 6.07) is 1.71. The molecule has 1 aromatic rings. The summed E-state index contributed by atoms with van der Waals surface area (Å²) in [5.74, 6) is 0.777. The van der Waals surface area contributed by atoms with E-state index in [1.165, 1.54) is 6.07 Å². The highest BCUT2D eigenvalue weighted by atomic mass is 16.1. The molecule has 0 spiro atoms. The molecule has 0 radical (unpaired) electrons. The number of likely N-dealkylation sites (N-methyl/N-ethyl adjacent to an activating group) is 2. The highest BCUT2D eigenvalue weighted by molar-refractivity contribution is 5.05. The third kappa shape index (κ3) is 2.31. The predicted octanol–water partition coefficient (Wildman–Crippen LogP) is -0.00338. The molecule has 2 heterocycles. The second-order valence-corrected chi connectivity index (χ2v) is 4.53. The van der Waals surface area contributed by atoms with Crippen molar-refractivity contribution in [2.75, 3.05) is 33.7 Å². The van der Waals surface area contributed by atoms with Gasteiger partial charge >= 0.3 is 0 Å². The SMILES string of the molecule is Cc1cc(=O)[nH]c(C2CN(C)CCN2C)n1. The van der Waals surface area contributed by atoms with Crippen LogP contribution in [0.4, 0.5) is 0 Å². The second-order valence-electron chi connectivity index (χ2n) is 4.53. The van der Waals surface area contributed by atoms with Crippen molar-refractivity contribution in [2.45, 2.75) is 13.0 Å². The monoisotopic (exact) mass is 222 g/mol. The Bertz CT molecular complexity index is 428. The number of rotatable bonds is 1. The molecule has 0 saturated carbocycles. The van der Waals surface area contributed by atoms with E-state index in [0.717, 1.165) is 31.2 Å². The summed E-state index contributed by atoms with van der Waals surface area (Å²) in [5, 5.41) is 0. The van der Waals surface area contributed by atoms with Crippen LogP contribution in [-0.4, -0.2) is 53.5 Å². The maximum atomic E-state index is 11.4. The lowest BCUT2D eigenvalue weighted by atomic mass is 10.1. The lowest BCUT2D eigenvalue weighted by Gasteiger charge is -2.36. The summed E-state index contributed by atoms with van der Waals surface area (Å²) in [6.45, 7) is 4.82. The molecule has 5 heteroatoms. The van der Waals surface area contributed by atoms with Crippen molar-refractivity contribution in [3.05, 3.63) is 27.9 Å². The standard InChI is InChI=1S/C11H18N4O/c1-8-6-10(16)13-11(12-8)9-7-14(2)4-5-15(9)3/h6,9H,4-5,7H2,1-3H3,(H,12,13,16). The van der Waals surface area contributed by atoms with Gasteiger partial charge in [0.25, 0.3) is 5.56 Å². The van der Waals surface area contributed by atoms with Crippen LogP contribution in [0, 0.1) is 6.92 Å². The summed E-state index contributed by atoms with van der Waals surface area (Å²) in [6.07, 6.45) is 0. The van der Waals surface area contributed by atoms with Gasteiger partial charge < -0.3 is 9.88 Å². The molecule has 0 bridgehead atoms. The zero-order valence-corrected chi connectivity index (χ0v) is 10.0. The molecule has 1 aliphatic rings. The minimum atomic E-state index is -0.0656. The van der Waals surface area contributed by atoms with Crippen molar-refractivity contribution in [1.82, 2.24) is 19.8 Å². The van der Waals surface area contributed by atoms with Crippen LogP contribution in [0.3, 0.4) is 0 Å². The third-order valence-corrected chi connectivity index (χ3v) is 3.05. The molecule has 1 aromatic heterocycles. The Hall–Kier alpha value is -1.20. The van der Waals surface area contributed by atoms with Crippen LogP contribution < -0.4 is 5.56 Å². The Morgan fingerprint density at radius 2 is 2.19 bits per heavy atom. The summed E-state index contributed by atoms with van der Waals surface area (Å²) in [4.78, 5) is 23.2. The van der Waals surface area contributed by atoms with Crippen LogP contribution in [0.1, 0.15) is 17.6 Å². The van der Waals surface area contributed by atoms with Gasteiger partial charge in [0.2, 0.25) is 0 Å². The molecule has 88 valence electrons. The molecule has 1 fully saturated rings. The van der Waals surface area contributed by atoms with E-state index in [-0.39, 0.29) is 11.6 Å². The Labute approximate surface area is 95.1 Å². The molecule has 16 heavy (non-hydrogen) atoms. The largest absolute Gasteiger partial charge is 0.309 e. The Balaban J connectivity index is 2.31. The van der Waals surface area contributed by atoms with Gasteiger partial charge in [-0.15, -0.1) is 0 Å². The highest BCUT2D eigenvalue weighted by Crippen LogP contribution is 2.19. The van der Waals surface area contributed by atoms with Crippen LogP contribution in [0.25, 0.3) is 0 Å². The zero-order chi connectivity index (χ0) is 11.7. The number of aromatic nitrogens is 2. The van der Waals surface area contributed by atoms with Crippen LogP contribution in [0.2, 0.25) is 0 Å². The lowest BCUT2D eigenvalue weighted by Crippen LogP contribution is -2.45. The van der Waals surface area contributed by atoms with Gasteiger partial charge in [0.15, 0.2) is 0 Å². The van der Waals surface area contributed by atoms with Crippen LogP contribution in [-0.2, 0) is 0 Å². The van der Waals surface area contributed by atoms with Gasteiger partial charge in [0.05, 0.1) is 6.04 Å². The Kier molecular flexibility index (Phi) is 3.07. The van der Waals surface area contributed by atoms with Gasteiger partial charge in [0, 0.05) is 31.4 Å². The van der Waals surface area contributed by atoms with Crippen LogP contribution in [0.5, 0.6) is 0 Å². The first-order chi connectivity index (χ1) is 7.56. The molecule has 2 rings (SSSR count). The van der Waals surface area contributed by atoms with Gasteiger partial charge in [-0.1, -0.05) is 0 Å². The van der Waals surface area contributed by atoms with Gasteiger partial charge in [-0.05, 0) is 21.0 Å². The van der Waals surface area contributed by atoms with Crippen molar-refractivity contribution in [2.24, 2.45) is 0 Å². The van der Waals surface area contributed by atoms with Crippen molar-refractivity contribution < 1.29 is 0 Å². The quantitative estimate of drug-likeness (QED) is 0.726. The number of aromatic amines is 1. The maximum absolute atomic E-state index is 11.4. The van der Waals surface area contributed by atoms with E-state index in [0.29, 0.717) is 0 Å². The number of nitrogens with zero attached hydrogens (tertiary/aromatic N) is 3. The number of nitrogens with one attached hydrogen (secondary N) is 1. The van der Waals surface area contributed by atoms with Gasteiger partial charge in [-0.3, -0.25) is 9.69 Å². The molecule has 0 amide bonds.